The number of likely N-dealkylation sites (N-methyl/N-ethyl adjacent to an activating group) is 1. The maximum absolute atomic E-state index is 12.1. The van der Waals surface area contributed by atoms with Gasteiger partial charge in [0.15, 0.2) is 6.10 Å². The van der Waals surface area contributed by atoms with Gasteiger partial charge in [0.1, 0.15) is 0 Å². The van der Waals surface area contributed by atoms with Crippen molar-refractivity contribution in [1.29, 1.82) is 0 Å². The van der Waals surface area contributed by atoms with Crippen molar-refractivity contribution in [2.45, 2.75) is 26.4 Å². The van der Waals surface area contributed by atoms with Crippen molar-refractivity contribution >= 4 is 11.9 Å². The van der Waals surface area contributed by atoms with Crippen molar-refractivity contribution < 1.29 is 14.3 Å². The first-order valence-corrected chi connectivity index (χ1v) is 7.44. The number of esters is 1. The molecule has 1 unspecified atom stereocenters. The van der Waals surface area contributed by atoms with Crippen molar-refractivity contribution in [1.82, 2.24) is 10.2 Å². The molecule has 1 aliphatic heterocycles. The van der Waals surface area contributed by atoms with Gasteiger partial charge in [0.05, 0.1) is 5.56 Å². The van der Waals surface area contributed by atoms with Crippen molar-refractivity contribution in [3.8, 4) is 0 Å². The second-order valence-electron chi connectivity index (χ2n) is 5.07. The molecular formula is C16H22N2O3. The minimum absolute atomic E-state index is 0.218. The molecule has 1 aromatic rings. The van der Waals surface area contributed by atoms with Crippen LogP contribution in [-0.2, 0) is 16.0 Å². The molecule has 1 N–H and O–H groups in total. The van der Waals surface area contributed by atoms with E-state index in [1.165, 1.54) is 0 Å². The van der Waals surface area contributed by atoms with Crippen molar-refractivity contribution in [2.24, 2.45) is 0 Å². The SMILES string of the molecule is CCN(CC)CCNC(=O)C1Cc2ccccc2C(=O)O1. The van der Waals surface area contributed by atoms with Gasteiger partial charge in [-0.1, -0.05) is 32.0 Å². The predicted octanol–water partition coefficient (Wildman–Crippen LogP) is 1.23. The molecule has 1 aromatic carbocycles. The van der Waals surface area contributed by atoms with Gasteiger partial charge in [-0.15, -0.1) is 0 Å². The zero-order valence-corrected chi connectivity index (χ0v) is 12.6. The van der Waals surface area contributed by atoms with E-state index in [0.29, 0.717) is 18.5 Å². The zero-order valence-electron chi connectivity index (χ0n) is 12.6. The number of nitrogens with one attached hydrogen (secondary N) is 1. The van der Waals surface area contributed by atoms with Crippen LogP contribution in [0.5, 0.6) is 0 Å². The van der Waals surface area contributed by atoms with Gasteiger partial charge in [-0.05, 0) is 24.7 Å². The Morgan fingerprint density at radius 2 is 2.05 bits per heavy atom. The van der Waals surface area contributed by atoms with Gasteiger partial charge < -0.3 is 15.0 Å². The zero-order chi connectivity index (χ0) is 15.2. The molecule has 0 fully saturated rings. The molecule has 5 nitrogen and oxygen atoms in total. The van der Waals surface area contributed by atoms with Crippen LogP contribution in [0.3, 0.4) is 0 Å². The first kappa shape index (κ1) is 15.5. The molecule has 0 saturated carbocycles. The van der Waals surface area contributed by atoms with E-state index < -0.39 is 12.1 Å². The van der Waals surface area contributed by atoms with Crippen LogP contribution in [0, 0.1) is 0 Å². The highest BCUT2D eigenvalue weighted by Crippen LogP contribution is 2.20. The summed E-state index contributed by atoms with van der Waals surface area (Å²) < 4.78 is 5.22. The van der Waals surface area contributed by atoms with E-state index in [9.17, 15) is 9.59 Å². The number of carbonyl (C=O) groups excluding carboxylic acids is 2. The van der Waals surface area contributed by atoms with Crippen LogP contribution in [0.4, 0.5) is 0 Å². The number of amides is 1. The van der Waals surface area contributed by atoms with Gasteiger partial charge in [-0.2, -0.15) is 0 Å². The summed E-state index contributed by atoms with van der Waals surface area (Å²) in [5, 5.41) is 2.85. The van der Waals surface area contributed by atoms with Crippen LogP contribution in [0.25, 0.3) is 0 Å². The van der Waals surface area contributed by atoms with Gasteiger partial charge in [0.25, 0.3) is 5.91 Å². The average Bonchev–Trinajstić information content (AvgIpc) is 2.51. The predicted molar refractivity (Wildman–Crippen MR) is 80.1 cm³/mol. The summed E-state index contributed by atoms with van der Waals surface area (Å²) in [7, 11) is 0. The van der Waals surface area contributed by atoms with Gasteiger partial charge >= 0.3 is 5.97 Å². The van der Waals surface area contributed by atoms with Gasteiger partial charge in [0.2, 0.25) is 0 Å². The Kier molecular flexibility index (Phi) is 5.33. The number of cyclic esters (lactones) is 1. The standard InChI is InChI=1S/C16H22N2O3/c1-3-18(4-2)10-9-17-15(19)14-11-12-7-5-6-8-13(12)16(20)21-14/h5-8,14H,3-4,9-11H2,1-2H3,(H,17,19). The Bertz CT molecular complexity index is 512. The monoisotopic (exact) mass is 290 g/mol. The normalized spacial score (nSPS) is 17.3. The number of fused-ring (bicyclic) bond motifs is 1. The fraction of sp³-hybridized carbons (Fsp3) is 0.500. The van der Waals surface area contributed by atoms with Crippen LogP contribution < -0.4 is 5.32 Å². The Morgan fingerprint density at radius 1 is 1.33 bits per heavy atom. The van der Waals surface area contributed by atoms with E-state index in [4.69, 9.17) is 4.74 Å². The van der Waals surface area contributed by atoms with Crippen molar-refractivity contribution in [3.05, 3.63) is 35.4 Å². The molecule has 1 amide bonds. The third-order valence-corrected chi connectivity index (χ3v) is 3.81. The number of rotatable bonds is 6. The van der Waals surface area contributed by atoms with Crippen LogP contribution in [0.2, 0.25) is 0 Å². The van der Waals surface area contributed by atoms with E-state index in [-0.39, 0.29) is 5.91 Å². The Morgan fingerprint density at radius 3 is 2.76 bits per heavy atom. The van der Waals surface area contributed by atoms with Gasteiger partial charge in [0, 0.05) is 19.5 Å². The summed E-state index contributed by atoms with van der Waals surface area (Å²) in [5.74, 6) is -0.634. The Hall–Kier alpha value is -1.88. The van der Waals surface area contributed by atoms with Gasteiger partial charge in [-0.3, -0.25) is 4.79 Å². The summed E-state index contributed by atoms with van der Waals surface area (Å²) in [6.07, 6.45) is -0.275. The Balaban J connectivity index is 1.89. The summed E-state index contributed by atoms with van der Waals surface area (Å²) in [4.78, 5) is 26.2. The first-order chi connectivity index (χ1) is 10.2. The van der Waals surface area contributed by atoms with E-state index in [1.54, 1.807) is 12.1 Å². The molecule has 1 heterocycles. The maximum atomic E-state index is 12.1. The molecule has 0 aliphatic carbocycles. The molecule has 0 spiro atoms. The lowest BCUT2D eigenvalue weighted by molar-refractivity contribution is -0.130. The highest BCUT2D eigenvalue weighted by Gasteiger charge is 2.30. The summed E-state index contributed by atoms with van der Waals surface area (Å²) in [5.41, 5.74) is 1.43. The van der Waals surface area contributed by atoms with E-state index in [1.807, 2.05) is 12.1 Å². The second kappa shape index (κ2) is 7.22. The maximum Gasteiger partial charge on any atom is 0.339 e. The minimum Gasteiger partial charge on any atom is -0.448 e. The fourth-order valence-electron chi connectivity index (χ4n) is 2.47. The molecule has 5 heteroatoms. The fourth-order valence-corrected chi connectivity index (χ4v) is 2.47. The highest BCUT2D eigenvalue weighted by molar-refractivity contribution is 5.95. The Labute approximate surface area is 125 Å². The lowest BCUT2D eigenvalue weighted by atomic mass is 9.98. The van der Waals surface area contributed by atoms with Crippen LogP contribution >= 0.6 is 0 Å². The topological polar surface area (TPSA) is 58.6 Å². The van der Waals surface area contributed by atoms with Crippen LogP contribution in [-0.4, -0.2) is 49.1 Å². The number of benzene rings is 1. The summed E-state index contributed by atoms with van der Waals surface area (Å²) >= 11 is 0. The molecule has 21 heavy (non-hydrogen) atoms. The number of carbonyl (C=O) groups is 2. The molecular weight excluding hydrogens is 268 g/mol. The number of ether oxygens (including phenoxy) is 1. The number of hydrogen-bond donors (Lipinski definition) is 1. The number of nitrogens with zero attached hydrogens (tertiary/aromatic N) is 1. The molecule has 114 valence electrons. The summed E-state index contributed by atoms with van der Waals surface area (Å²) in [6, 6.07) is 7.26. The van der Waals surface area contributed by atoms with E-state index in [0.717, 1.165) is 25.2 Å². The van der Waals surface area contributed by atoms with Crippen LogP contribution in [0.1, 0.15) is 29.8 Å². The molecule has 2 rings (SSSR count). The van der Waals surface area contributed by atoms with E-state index >= 15 is 0 Å². The number of hydrogen-bond acceptors (Lipinski definition) is 4. The lowest BCUT2D eigenvalue weighted by Crippen LogP contribution is -2.44. The van der Waals surface area contributed by atoms with Crippen molar-refractivity contribution in [3.63, 3.8) is 0 Å². The lowest BCUT2D eigenvalue weighted by Gasteiger charge is -2.24. The quantitative estimate of drug-likeness (QED) is 0.801. The van der Waals surface area contributed by atoms with Gasteiger partial charge in [-0.25, -0.2) is 4.79 Å². The van der Waals surface area contributed by atoms with Crippen LogP contribution in [0.15, 0.2) is 24.3 Å². The average molecular weight is 290 g/mol. The third kappa shape index (κ3) is 3.82. The highest BCUT2D eigenvalue weighted by atomic mass is 16.5. The smallest absolute Gasteiger partial charge is 0.339 e. The molecule has 1 atom stereocenters. The first-order valence-electron chi connectivity index (χ1n) is 7.44. The molecule has 0 saturated heterocycles. The molecule has 1 aliphatic rings. The van der Waals surface area contributed by atoms with E-state index in [2.05, 4.69) is 24.1 Å². The summed E-state index contributed by atoms with van der Waals surface area (Å²) in [6.45, 7) is 7.46. The third-order valence-electron chi connectivity index (χ3n) is 3.81. The minimum atomic E-state index is -0.718. The molecule has 0 bridgehead atoms. The largest absolute Gasteiger partial charge is 0.448 e. The van der Waals surface area contributed by atoms with Crippen molar-refractivity contribution in [2.75, 3.05) is 26.2 Å². The molecule has 0 radical (unpaired) electrons. The second-order valence-corrected chi connectivity index (χ2v) is 5.07. The molecule has 0 aromatic heterocycles.